The second-order valence-electron chi connectivity index (χ2n) is 6.66. The Morgan fingerprint density at radius 1 is 1.19 bits per heavy atom. The average Bonchev–Trinajstić information content (AvgIpc) is 2.80. The molecule has 0 aliphatic rings. The summed E-state index contributed by atoms with van der Waals surface area (Å²) in [6, 6.07) is 4.60. The maximum absolute atomic E-state index is 12.5. The van der Waals surface area contributed by atoms with Crippen LogP contribution in [0.1, 0.15) is 35.2 Å². The highest BCUT2D eigenvalue weighted by Gasteiger charge is 2.28. The van der Waals surface area contributed by atoms with Crippen LogP contribution in [0.25, 0.3) is 0 Å². The summed E-state index contributed by atoms with van der Waals surface area (Å²) in [5, 5.41) is 2.87. The van der Waals surface area contributed by atoms with Crippen molar-refractivity contribution in [1.82, 2.24) is 10.2 Å². The van der Waals surface area contributed by atoms with Gasteiger partial charge < -0.3 is 14.8 Å². The molecule has 0 heterocycles. The Morgan fingerprint density at radius 3 is 2.56 bits per heavy atom. The largest absolute Gasteiger partial charge is 0.468 e. The molecule has 0 radical (unpaired) electrons. The molecule has 32 heavy (non-hydrogen) atoms. The van der Waals surface area contributed by atoms with E-state index in [1.54, 1.807) is 23.1 Å². The fourth-order valence-corrected chi connectivity index (χ4v) is 3.53. The minimum Gasteiger partial charge on any atom is -0.468 e. The average molecular weight is 560 g/mol. The first kappa shape index (κ1) is 27.8. The van der Waals surface area contributed by atoms with Crippen molar-refractivity contribution in [2.45, 2.75) is 25.3 Å². The quantitative estimate of drug-likeness (QED) is 0.0918. The number of carbonyl (C=O) groups excluding carboxylic acids is 3. The SMILES string of the molecule is C#Cc1ccc(I)c(C(=O)NCCCCC(C(=O)OC)N(CCOOC)CC(=O)OC)c1. The summed E-state index contributed by atoms with van der Waals surface area (Å²) in [6.45, 7) is 0.757. The molecule has 0 aromatic heterocycles. The van der Waals surface area contributed by atoms with E-state index in [1.807, 2.05) is 0 Å². The van der Waals surface area contributed by atoms with E-state index in [9.17, 15) is 14.4 Å². The lowest BCUT2D eigenvalue weighted by molar-refractivity contribution is -0.274. The Kier molecular flexibility index (Phi) is 13.5. The van der Waals surface area contributed by atoms with Gasteiger partial charge in [-0.1, -0.05) is 5.92 Å². The Labute approximate surface area is 202 Å². The summed E-state index contributed by atoms with van der Waals surface area (Å²) < 4.78 is 10.4. The van der Waals surface area contributed by atoms with Gasteiger partial charge >= 0.3 is 11.9 Å². The van der Waals surface area contributed by atoms with Gasteiger partial charge in [-0.05, 0) is 60.1 Å². The van der Waals surface area contributed by atoms with E-state index in [2.05, 4.69) is 38.7 Å². The number of hydrogen-bond donors (Lipinski definition) is 1. The molecule has 0 aliphatic heterocycles. The summed E-state index contributed by atoms with van der Waals surface area (Å²) in [7, 11) is 3.95. The van der Waals surface area contributed by atoms with Gasteiger partial charge in [0.2, 0.25) is 0 Å². The highest BCUT2D eigenvalue weighted by molar-refractivity contribution is 14.1. The van der Waals surface area contributed by atoms with Crippen LogP contribution in [0.3, 0.4) is 0 Å². The van der Waals surface area contributed by atoms with Crippen LogP contribution in [0.4, 0.5) is 0 Å². The summed E-state index contributed by atoms with van der Waals surface area (Å²) in [6.07, 6.45) is 7.08. The number of terminal acetylenes is 1. The lowest BCUT2D eigenvalue weighted by Gasteiger charge is -2.28. The molecule has 1 rings (SSSR count). The number of carbonyl (C=O) groups is 3. The minimum atomic E-state index is -0.663. The predicted molar refractivity (Wildman–Crippen MR) is 126 cm³/mol. The third-order valence-corrected chi connectivity index (χ3v) is 5.56. The number of esters is 2. The molecule has 0 fully saturated rings. The molecule has 0 saturated carbocycles. The number of amides is 1. The molecule has 1 amide bonds. The highest BCUT2D eigenvalue weighted by atomic mass is 127. The number of hydrogen-bond acceptors (Lipinski definition) is 8. The van der Waals surface area contributed by atoms with Crippen molar-refractivity contribution in [1.29, 1.82) is 0 Å². The molecular weight excluding hydrogens is 531 g/mol. The van der Waals surface area contributed by atoms with E-state index in [-0.39, 0.29) is 25.6 Å². The van der Waals surface area contributed by atoms with Gasteiger partial charge in [0, 0.05) is 22.2 Å². The molecule has 1 atom stereocenters. The van der Waals surface area contributed by atoms with Crippen molar-refractivity contribution in [3.8, 4) is 12.3 Å². The van der Waals surface area contributed by atoms with Crippen molar-refractivity contribution >= 4 is 40.4 Å². The number of halogens is 1. The summed E-state index contributed by atoms with van der Waals surface area (Å²) in [4.78, 5) is 47.6. The van der Waals surface area contributed by atoms with Gasteiger partial charge in [0.15, 0.2) is 0 Å². The lowest BCUT2D eigenvalue weighted by atomic mass is 10.1. The van der Waals surface area contributed by atoms with E-state index < -0.39 is 18.0 Å². The standard InChI is InChI=1S/C22H29IN2O7/c1-5-16-9-10-18(23)17(14-16)21(27)24-11-7-6-8-19(22(28)30-3)25(12-13-32-31-4)15-20(26)29-2/h1,9-10,14,19H,6-8,11-13,15H2,2-4H3,(H,24,27). The number of benzene rings is 1. The third kappa shape index (κ3) is 9.52. The highest BCUT2D eigenvalue weighted by Crippen LogP contribution is 2.15. The first-order chi connectivity index (χ1) is 15.4. The van der Waals surface area contributed by atoms with Crippen LogP contribution in [-0.4, -0.2) is 76.4 Å². The number of methoxy groups -OCH3 is 2. The fraction of sp³-hybridized carbons (Fsp3) is 0.500. The van der Waals surface area contributed by atoms with Crippen LogP contribution in [-0.2, 0) is 28.8 Å². The number of ether oxygens (including phenoxy) is 2. The number of unbranched alkanes of at least 4 members (excludes halogenated alkanes) is 1. The van der Waals surface area contributed by atoms with E-state index >= 15 is 0 Å². The maximum atomic E-state index is 12.5. The van der Waals surface area contributed by atoms with Crippen molar-refractivity contribution in [3.63, 3.8) is 0 Å². The van der Waals surface area contributed by atoms with Crippen LogP contribution in [0.5, 0.6) is 0 Å². The molecule has 0 aliphatic carbocycles. The smallest absolute Gasteiger partial charge is 0.323 e. The zero-order valence-electron chi connectivity index (χ0n) is 18.5. The molecule has 1 aromatic carbocycles. The van der Waals surface area contributed by atoms with Crippen LogP contribution < -0.4 is 5.32 Å². The van der Waals surface area contributed by atoms with Gasteiger partial charge in [-0.2, -0.15) is 0 Å². The van der Waals surface area contributed by atoms with Crippen LogP contribution in [0.15, 0.2) is 18.2 Å². The van der Waals surface area contributed by atoms with E-state index in [0.29, 0.717) is 36.9 Å². The monoisotopic (exact) mass is 560 g/mol. The van der Waals surface area contributed by atoms with Gasteiger partial charge in [-0.3, -0.25) is 19.3 Å². The molecule has 1 unspecified atom stereocenters. The third-order valence-electron chi connectivity index (χ3n) is 4.62. The van der Waals surface area contributed by atoms with Gasteiger partial charge in [-0.25, -0.2) is 9.78 Å². The van der Waals surface area contributed by atoms with Gasteiger partial charge in [0.05, 0.1) is 40.0 Å². The molecule has 9 nitrogen and oxygen atoms in total. The summed E-state index contributed by atoms with van der Waals surface area (Å²) >= 11 is 2.09. The Balaban J connectivity index is 2.65. The molecule has 176 valence electrons. The van der Waals surface area contributed by atoms with Gasteiger partial charge in [0.1, 0.15) is 6.04 Å². The molecule has 10 heteroatoms. The Hall–Kier alpha value is -2.20. The number of nitrogens with one attached hydrogen (secondary N) is 1. The zero-order valence-corrected chi connectivity index (χ0v) is 20.7. The lowest BCUT2D eigenvalue weighted by Crippen LogP contribution is -2.46. The van der Waals surface area contributed by atoms with E-state index in [0.717, 1.165) is 3.57 Å². The van der Waals surface area contributed by atoms with Gasteiger partial charge in [0.25, 0.3) is 5.91 Å². The van der Waals surface area contributed by atoms with Crippen molar-refractivity contribution in [2.75, 3.05) is 47.6 Å². The molecule has 0 bridgehead atoms. The van der Waals surface area contributed by atoms with E-state index in [4.69, 9.17) is 20.8 Å². The number of rotatable bonds is 14. The zero-order chi connectivity index (χ0) is 23.9. The van der Waals surface area contributed by atoms with Crippen molar-refractivity contribution in [2.24, 2.45) is 0 Å². The van der Waals surface area contributed by atoms with Crippen LogP contribution >= 0.6 is 22.6 Å². The topological polar surface area (TPSA) is 103 Å². The molecule has 0 saturated heterocycles. The fourth-order valence-electron chi connectivity index (χ4n) is 2.95. The molecular formula is C22H29IN2O7. The normalized spacial score (nSPS) is 11.5. The second kappa shape index (κ2) is 15.6. The van der Waals surface area contributed by atoms with Crippen LogP contribution in [0, 0.1) is 15.9 Å². The van der Waals surface area contributed by atoms with Crippen molar-refractivity contribution in [3.05, 3.63) is 32.9 Å². The predicted octanol–water partition coefficient (Wildman–Crippen LogP) is 1.77. The Morgan fingerprint density at radius 2 is 1.94 bits per heavy atom. The number of nitrogens with zero attached hydrogens (tertiary/aromatic N) is 1. The molecule has 1 N–H and O–H groups in total. The summed E-state index contributed by atoms with van der Waals surface area (Å²) in [5.74, 6) is 1.37. The van der Waals surface area contributed by atoms with Gasteiger partial charge in [-0.15, -0.1) is 6.42 Å². The first-order valence-corrected chi connectivity index (χ1v) is 11.0. The second-order valence-corrected chi connectivity index (χ2v) is 7.83. The van der Waals surface area contributed by atoms with Crippen molar-refractivity contribution < 1.29 is 33.6 Å². The van der Waals surface area contributed by atoms with E-state index in [1.165, 1.54) is 21.3 Å². The molecule has 1 aromatic rings. The maximum Gasteiger partial charge on any atom is 0.323 e. The minimum absolute atomic E-state index is 0.0932. The molecule has 0 spiro atoms. The Bertz CT molecular complexity index is 810. The first-order valence-electron chi connectivity index (χ1n) is 9.96. The summed E-state index contributed by atoms with van der Waals surface area (Å²) in [5.41, 5.74) is 1.16. The van der Waals surface area contributed by atoms with Crippen LogP contribution in [0.2, 0.25) is 0 Å².